The van der Waals surface area contributed by atoms with Gasteiger partial charge in [-0.3, -0.25) is 9.59 Å². The molecule has 280 valence electrons. The highest BCUT2D eigenvalue weighted by Crippen LogP contribution is 2.33. The first-order valence-electron chi connectivity index (χ1n) is 16.0. The summed E-state index contributed by atoms with van der Waals surface area (Å²) in [5, 5.41) is 18.8. The molecule has 0 saturated carbocycles. The van der Waals surface area contributed by atoms with Crippen LogP contribution >= 0.6 is 23.2 Å². The van der Waals surface area contributed by atoms with Gasteiger partial charge >= 0.3 is 12.4 Å². The number of alkyl halides is 6. The molecular formula is C38H30Cl2F6N6O2. The Morgan fingerprint density at radius 1 is 0.537 bits per heavy atom. The SMILES string of the molecule is CN(C)c1nnc(Cl)c2cc(C(=O)Cc3cccc(C(F)(F)F)c3)ccc12.CN(C)c1nnc(Cl)c2ccc(C(=O)Cc3cccc(C(F)(F)F)c3)cc12. The van der Waals surface area contributed by atoms with E-state index in [1.807, 2.05) is 14.1 Å². The molecule has 0 atom stereocenters. The highest BCUT2D eigenvalue weighted by Gasteiger charge is 2.31. The van der Waals surface area contributed by atoms with Gasteiger partial charge < -0.3 is 9.80 Å². The van der Waals surface area contributed by atoms with E-state index < -0.39 is 23.5 Å². The van der Waals surface area contributed by atoms with Crippen LogP contribution in [0.5, 0.6) is 0 Å². The fourth-order valence-corrected chi connectivity index (χ4v) is 5.91. The third kappa shape index (κ3) is 9.23. The lowest BCUT2D eigenvalue weighted by Gasteiger charge is -2.14. The molecule has 0 aliphatic carbocycles. The molecule has 0 fully saturated rings. The summed E-state index contributed by atoms with van der Waals surface area (Å²) >= 11 is 12.2. The van der Waals surface area contributed by atoms with Crippen LogP contribution in [0.25, 0.3) is 21.5 Å². The summed E-state index contributed by atoms with van der Waals surface area (Å²) in [5.41, 5.74) is -0.244. The molecular weight excluding hydrogens is 757 g/mol. The Balaban J connectivity index is 0.000000208. The van der Waals surface area contributed by atoms with E-state index in [9.17, 15) is 35.9 Å². The first-order chi connectivity index (χ1) is 25.3. The van der Waals surface area contributed by atoms with Crippen LogP contribution in [0.4, 0.5) is 38.0 Å². The number of carbonyl (C=O) groups excluding carboxylic acids is 2. The minimum Gasteiger partial charge on any atom is -0.361 e. The number of rotatable bonds is 8. The van der Waals surface area contributed by atoms with Crippen LogP contribution in [0.2, 0.25) is 10.3 Å². The minimum atomic E-state index is -4.45. The predicted octanol–water partition coefficient (Wildman–Crippen LogP) is 9.59. The van der Waals surface area contributed by atoms with Crippen molar-refractivity contribution in [1.82, 2.24) is 20.4 Å². The summed E-state index contributed by atoms with van der Waals surface area (Å²) in [4.78, 5) is 28.7. The third-order valence-corrected chi connectivity index (χ3v) is 8.72. The fraction of sp³-hybridized carbons (Fsp3) is 0.211. The molecule has 6 aromatic rings. The molecule has 0 aliphatic heterocycles. The molecule has 0 N–H and O–H groups in total. The van der Waals surface area contributed by atoms with Crippen molar-refractivity contribution in [3.05, 3.63) is 129 Å². The number of carbonyl (C=O) groups is 2. The van der Waals surface area contributed by atoms with Crippen molar-refractivity contribution in [3.8, 4) is 0 Å². The van der Waals surface area contributed by atoms with Gasteiger partial charge in [0.2, 0.25) is 0 Å². The molecule has 0 aliphatic rings. The minimum absolute atomic E-state index is 0.140. The number of hydrogen-bond acceptors (Lipinski definition) is 8. The van der Waals surface area contributed by atoms with Crippen LogP contribution in [0.15, 0.2) is 84.9 Å². The van der Waals surface area contributed by atoms with E-state index in [0.717, 1.165) is 29.7 Å². The second kappa shape index (κ2) is 15.9. The molecule has 0 radical (unpaired) electrons. The van der Waals surface area contributed by atoms with Crippen molar-refractivity contribution in [2.75, 3.05) is 38.0 Å². The summed E-state index contributed by atoms with van der Waals surface area (Å²) in [5.74, 6) is 0.541. The molecule has 0 amide bonds. The van der Waals surface area contributed by atoms with Crippen molar-refractivity contribution in [1.29, 1.82) is 0 Å². The zero-order chi connectivity index (χ0) is 39.5. The maximum Gasteiger partial charge on any atom is 0.416 e. The monoisotopic (exact) mass is 786 g/mol. The average Bonchev–Trinajstić information content (AvgIpc) is 3.11. The van der Waals surface area contributed by atoms with Crippen LogP contribution in [-0.2, 0) is 25.2 Å². The van der Waals surface area contributed by atoms with Crippen LogP contribution in [0.3, 0.4) is 0 Å². The Morgan fingerprint density at radius 2 is 0.944 bits per heavy atom. The Hall–Kier alpha value is -5.34. The molecule has 0 saturated heterocycles. The zero-order valence-electron chi connectivity index (χ0n) is 29.0. The third-order valence-electron chi connectivity index (χ3n) is 8.16. The van der Waals surface area contributed by atoms with E-state index in [-0.39, 0.29) is 34.7 Å². The maximum absolute atomic E-state index is 12.8. The van der Waals surface area contributed by atoms with Gasteiger partial charge in [0, 0.05) is 73.7 Å². The smallest absolute Gasteiger partial charge is 0.361 e. The topological polar surface area (TPSA) is 92.2 Å². The number of anilines is 2. The number of hydrogen-bond donors (Lipinski definition) is 0. The van der Waals surface area contributed by atoms with Crippen LogP contribution in [-0.4, -0.2) is 60.2 Å². The molecule has 16 heteroatoms. The van der Waals surface area contributed by atoms with Gasteiger partial charge in [0.15, 0.2) is 33.5 Å². The molecule has 0 spiro atoms. The first-order valence-corrected chi connectivity index (χ1v) is 16.7. The molecule has 0 unspecified atom stereocenters. The van der Waals surface area contributed by atoms with Crippen molar-refractivity contribution in [3.63, 3.8) is 0 Å². The van der Waals surface area contributed by atoms with Gasteiger partial charge in [-0.25, -0.2) is 0 Å². The van der Waals surface area contributed by atoms with Crippen LogP contribution < -0.4 is 9.80 Å². The summed E-state index contributed by atoms with van der Waals surface area (Å²) in [6, 6.07) is 19.3. The quantitative estimate of drug-likeness (QED) is 0.111. The van der Waals surface area contributed by atoms with Crippen molar-refractivity contribution >= 4 is 67.9 Å². The lowest BCUT2D eigenvalue weighted by molar-refractivity contribution is -0.138. The van der Waals surface area contributed by atoms with E-state index in [4.69, 9.17) is 23.2 Å². The van der Waals surface area contributed by atoms with Gasteiger partial charge in [0.25, 0.3) is 0 Å². The number of nitrogens with zero attached hydrogens (tertiary/aromatic N) is 6. The van der Waals surface area contributed by atoms with Gasteiger partial charge in [-0.2, -0.15) is 26.3 Å². The highest BCUT2D eigenvalue weighted by atomic mass is 35.5. The van der Waals surface area contributed by atoms with E-state index >= 15 is 0 Å². The molecule has 2 heterocycles. The highest BCUT2D eigenvalue weighted by molar-refractivity contribution is 6.35. The Bertz CT molecular complexity index is 2370. The number of Topliss-reactive ketones (excluding diaryl/α,β-unsaturated/α-hetero) is 2. The second-order valence-corrected chi connectivity index (χ2v) is 13.3. The summed E-state index contributed by atoms with van der Waals surface area (Å²) in [6.07, 6.45) is -9.18. The standard InChI is InChI=1S/2C19H15ClF3N3O/c1-26(2)18-14-7-6-12(10-15(14)17(20)24-25-18)16(27)9-11-4-3-5-13(8-11)19(21,22)23;1-26(2)18-15-10-12(6-7-14(15)17(20)24-25-18)16(27)9-11-4-3-5-13(8-11)19(21,22)23/h2*3-8,10H,9H2,1-2H3. The number of halogens is 8. The number of benzene rings is 4. The summed E-state index contributed by atoms with van der Waals surface area (Å²) < 4.78 is 77.0. The summed E-state index contributed by atoms with van der Waals surface area (Å²) in [7, 11) is 7.19. The largest absolute Gasteiger partial charge is 0.416 e. The lowest BCUT2D eigenvalue weighted by atomic mass is 9.99. The number of aromatic nitrogens is 4. The van der Waals surface area contributed by atoms with E-state index in [0.29, 0.717) is 50.0 Å². The van der Waals surface area contributed by atoms with Crippen molar-refractivity contribution in [2.24, 2.45) is 0 Å². The Morgan fingerprint density at radius 3 is 1.39 bits per heavy atom. The van der Waals surface area contributed by atoms with Gasteiger partial charge in [0.05, 0.1) is 11.1 Å². The first kappa shape index (κ1) is 39.9. The van der Waals surface area contributed by atoms with Crippen molar-refractivity contribution in [2.45, 2.75) is 25.2 Å². The number of fused-ring (bicyclic) bond motifs is 2. The normalized spacial score (nSPS) is 11.6. The van der Waals surface area contributed by atoms with Gasteiger partial charge in [-0.05, 0) is 41.5 Å². The fourth-order valence-electron chi connectivity index (χ4n) is 5.51. The van der Waals surface area contributed by atoms with E-state index in [1.165, 1.54) is 24.3 Å². The zero-order valence-corrected chi connectivity index (χ0v) is 30.5. The molecule has 8 nitrogen and oxygen atoms in total. The van der Waals surface area contributed by atoms with E-state index in [1.54, 1.807) is 60.3 Å². The molecule has 0 bridgehead atoms. The molecule has 54 heavy (non-hydrogen) atoms. The van der Waals surface area contributed by atoms with Gasteiger partial charge in [-0.15, -0.1) is 20.4 Å². The number of ketones is 2. The van der Waals surface area contributed by atoms with Crippen LogP contribution in [0, 0.1) is 0 Å². The Labute approximate surface area is 315 Å². The molecule has 6 rings (SSSR count). The van der Waals surface area contributed by atoms with Gasteiger partial charge in [0.1, 0.15) is 0 Å². The molecule has 2 aromatic heterocycles. The average molecular weight is 788 g/mol. The lowest BCUT2D eigenvalue weighted by Crippen LogP contribution is -2.12. The Kier molecular flexibility index (Phi) is 11.8. The van der Waals surface area contributed by atoms with E-state index in [2.05, 4.69) is 20.4 Å². The van der Waals surface area contributed by atoms with Gasteiger partial charge in [-0.1, -0.05) is 77.8 Å². The summed E-state index contributed by atoms with van der Waals surface area (Å²) in [6.45, 7) is 0. The maximum atomic E-state index is 12.8. The predicted molar refractivity (Wildman–Crippen MR) is 197 cm³/mol. The van der Waals surface area contributed by atoms with Crippen LogP contribution in [0.1, 0.15) is 43.0 Å². The van der Waals surface area contributed by atoms with Crippen molar-refractivity contribution < 1.29 is 35.9 Å². The second-order valence-electron chi connectivity index (χ2n) is 12.5. The molecule has 4 aromatic carbocycles.